The van der Waals surface area contributed by atoms with E-state index >= 15 is 0 Å². The third-order valence-electron chi connectivity index (χ3n) is 4.12. The molecule has 0 amide bonds. The van der Waals surface area contributed by atoms with Crippen molar-refractivity contribution in [2.45, 2.75) is 26.8 Å². The molecule has 0 aliphatic rings. The minimum Gasteiger partial charge on any atom is -0.493 e. The Labute approximate surface area is 153 Å². The second-order valence-corrected chi connectivity index (χ2v) is 6.06. The molecule has 0 saturated heterocycles. The van der Waals surface area contributed by atoms with Gasteiger partial charge in [0.25, 0.3) is 0 Å². The number of benzene rings is 1. The summed E-state index contributed by atoms with van der Waals surface area (Å²) in [6, 6.07) is 9.67. The van der Waals surface area contributed by atoms with Crippen LogP contribution in [0.1, 0.15) is 29.9 Å². The minimum absolute atomic E-state index is 0.00879. The monoisotopic (exact) mass is 353 g/mol. The highest BCUT2D eigenvalue weighted by atomic mass is 16.5. The number of nitrogens with zero attached hydrogens (tertiary/aromatic N) is 4. The van der Waals surface area contributed by atoms with Crippen molar-refractivity contribution in [1.82, 2.24) is 19.7 Å². The number of aryl methyl sites for hydroxylation is 2. The predicted molar refractivity (Wildman–Crippen MR) is 100 cm³/mol. The Kier molecular flexibility index (Phi) is 5.06. The number of hydrogen-bond acceptors (Lipinski definition) is 6. The van der Waals surface area contributed by atoms with Gasteiger partial charge in [0.1, 0.15) is 0 Å². The molecular weight excluding hydrogens is 330 g/mol. The second-order valence-electron chi connectivity index (χ2n) is 6.06. The summed E-state index contributed by atoms with van der Waals surface area (Å²) >= 11 is 0. The van der Waals surface area contributed by atoms with Crippen molar-refractivity contribution in [3.05, 3.63) is 53.5 Å². The van der Waals surface area contributed by atoms with Crippen LogP contribution in [0.5, 0.6) is 11.5 Å². The Morgan fingerprint density at radius 1 is 1.04 bits per heavy atom. The predicted octanol–water partition coefficient (Wildman–Crippen LogP) is 3.47. The van der Waals surface area contributed by atoms with Gasteiger partial charge < -0.3 is 14.8 Å². The molecule has 7 heteroatoms. The van der Waals surface area contributed by atoms with Crippen LogP contribution in [-0.2, 0) is 0 Å². The summed E-state index contributed by atoms with van der Waals surface area (Å²) in [5, 5.41) is 7.79. The molecule has 1 atom stereocenters. The number of nitrogens with one attached hydrogen (secondary N) is 1. The molecule has 2 aromatic heterocycles. The third kappa shape index (κ3) is 3.61. The molecule has 7 nitrogen and oxygen atoms in total. The summed E-state index contributed by atoms with van der Waals surface area (Å²) in [4.78, 5) is 8.91. The van der Waals surface area contributed by atoms with Crippen molar-refractivity contribution in [3.63, 3.8) is 0 Å². The summed E-state index contributed by atoms with van der Waals surface area (Å²) in [5.41, 5.74) is 3.03. The van der Waals surface area contributed by atoms with Gasteiger partial charge in [-0.1, -0.05) is 6.07 Å². The molecule has 0 unspecified atom stereocenters. The number of rotatable bonds is 6. The fourth-order valence-corrected chi connectivity index (χ4v) is 2.80. The number of aromatic nitrogens is 4. The summed E-state index contributed by atoms with van der Waals surface area (Å²) in [5.74, 6) is 2.66. The first-order valence-electron chi connectivity index (χ1n) is 8.37. The topological polar surface area (TPSA) is 74.1 Å². The van der Waals surface area contributed by atoms with E-state index in [4.69, 9.17) is 9.47 Å². The average Bonchev–Trinajstić information content (AvgIpc) is 2.99. The van der Waals surface area contributed by atoms with Crippen molar-refractivity contribution in [2.75, 3.05) is 19.5 Å². The lowest BCUT2D eigenvalue weighted by atomic mass is 10.1. The Bertz CT molecular complexity index is 907. The Morgan fingerprint density at radius 2 is 1.81 bits per heavy atom. The van der Waals surface area contributed by atoms with Crippen LogP contribution in [0, 0.1) is 13.8 Å². The van der Waals surface area contributed by atoms with E-state index in [0.717, 1.165) is 22.8 Å². The summed E-state index contributed by atoms with van der Waals surface area (Å²) < 4.78 is 12.5. The van der Waals surface area contributed by atoms with Crippen molar-refractivity contribution in [1.29, 1.82) is 0 Å². The van der Waals surface area contributed by atoms with Gasteiger partial charge in [-0.2, -0.15) is 10.1 Å². The molecule has 3 rings (SSSR count). The number of hydrogen-bond donors (Lipinski definition) is 1. The molecule has 1 aromatic carbocycles. The quantitative estimate of drug-likeness (QED) is 0.731. The van der Waals surface area contributed by atoms with E-state index in [-0.39, 0.29) is 6.04 Å². The highest BCUT2D eigenvalue weighted by Gasteiger charge is 2.12. The lowest BCUT2D eigenvalue weighted by Crippen LogP contribution is -2.11. The molecule has 0 bridgehead atoms. The van der Waals surface area contributed by atoms with Gasteiger partial charge >= 0.3 is 0 Å². The van der Waals surface area contributed by atoms with E-state index in [1.807, 2.05) is 55.8 Å². The average molecular weight is 353 g/mol. The van der Waals surface area contributed by atoms with Gasteiger partial charge in [-0.05, 0) is 44.5 Å². The van der Waals surface area contributed by atoms with E-state index in [1.165, 1.54) is 0 Å². The molecule has 136 valence electrons. The van der Waals surface area contributed by atoms with Crippen LogP contribution in [0.4, 0.5) is 5.95 Å². The lowest BCUT2D eigenvalue weighted by molar-refractivity contribution is 0.354. The highest BCUT2D eigenvalue weighted by molar-refractivity contribution is 5.45. The van der Waals surface area contributed by atoms with Gasteiger partial charge in [0.05, 0.1) is 26.0 Å². The van der Waals surface area contributed by atoms with Crippen molar-refractivity contribution < 1.29 is 9.47 Å². The molecule has 1 N–H and O–H groups in total. The highest BCUT2D eigenvalue weighted by Crippen LogP contribution is 2.30. The zero-order chi connectivity index (χ0) is 18.7. The van der Waals surface area contributed by atoms with Crippen molar-refractivity contribution >= 4 is 5.95 Å². The van der Waals surface area contributed by atoms with E-state index in [2.05, 4.69) is 20.4 Å². The molecule has 0 radical (unpaired) electrons. The third-order valence-corrected chi connectivity index (χ3v) is 4.12. The molecule has 0 fully saturated rings. The maximum absolute atomic E-state index is 5.37. The number of anilines is 1. The largest absolute Gasteiger partial charge is 0.493 e. The summed E-state index contributed by atoms with van der Waals surface area (Å²) in [6.45, 7) is 6.01. The normalized spacial score (nSPS) is 11.9. The van der Waals surface area contributed by atoms with Crippen LogP contribution in [0.15, 0.2) is 36.5 Å². The van der Waals surface area contributed by atoms with Crippen molar-refractivity contribution in [3.8, 4) is 17.3 Å². The van der Waals surface area contributed by atoms with Crippen LogP contribution in [0.2, 0.25) is 0 Å². The smallest absolute Gasteiger partial charge is 0.225 e. The summed E-state index contributed by atoms with van der Waals surface area (Å²) in [6.07, 6.45) is 1.72. The molecule has 26 heavy (non-hydrogen) atoms. The maximum Gasteiger partial charge on any atom is 0.225 e. The van der Waals surface area contributed by atoms with E-state index < -0.39 is 0 Å². The van der Waals surface area contributed by atoms with Gasteiger partial charge in [-0.25, -0.2) is 9.67 Å². The number of methoxy groups -OCH3 is 2. The minimum atomic E-state index is -0.00879. The van der Waals surface area contributed by atoms with E-state index in [9.17, 15) is 0 Å². The van der Waals surface area contributed by atoms with E-state index in [1.54, 1.807) is 20.4 Å². The molecule has 0 aliphatic heterocycles. The Morgan fingerprint density at radius 3 is 2.46 bits per heavy atom. The van der Waals surface area contributed by atoms with Gasteiger partial charge in [-0.3, -0.25) is 0 Å². The zero-order valence-corrected chi connectivity index (χ0v) is 15.6. The second kappa shape index (κ2) is 7.43. The molecule has 3 aromatic rings. The maximum atomic E-state index is 5.37. The van der Waals surface area contributed by atoms with Gasteiger partial charge in [-0.15, -0.1) is 0 Å². The van der Waals surface area contributed by atoms with Gasteiger partial charge in [0.15, 0.2) is 17.3 Å². The SMILES string of the molecule is COc1ccc([C@@H](C)Nc2nccc(-n3nc(C)cc3C)n2)cc1OC. The van der Waals surface area contributed by atoms with Gasteiger partial charge in [0.2, 0.25) is 5.95 Å². The first kappa shape index (κ1) is 17.7. The Hall–Kier alpha value is -3.09. The van der Waals surface area contributed by atoms with Crippen LogP contribution < -0.4 is 14.8 Å². The standard InChI is InChI=1S/C19H23N5O2/c1-12-10-13(2)24(23-12)18-8-9-20-19(22-18)21-14(3)15-6-7-16(25-4)17(11-15)26-5/h6-11,14H,1-5H3,(H,20,21,22)/t14-/m1/s1. The fraction of sp³-hybridized carbons (Fsp3) is 0.316. The first-order chi connectivity index (χ1) is 12.5. The van der Waals surface area contributed by atoms with Crippen LogP contribution in [0.25, 0.3) is 5.82 Å². The lowest BCUT2D eigenvalue weighted by Gasteiger charge is -2.17. The fourth-order valence-electron chi connectivity index (χ4n) is 2.80. The molecule has 0 aliphatic carbocycles. The summed E-state index contributed by atoms with van der Waals surface area (Å²) in [7, 11) is 3.25. The van der Waals surface area contributed by atoms with Crippen LogP contribution in [0.3, 0.4) is 0 Å². The number of ether oxygens (including phenoxy) is 2. The molecule has 2 heterocycles. The first-order valence-corrected chi connectivity index (χ1v) is 8.37. The van der Waals surface area contributed by atoms with Gasteiger partial charge in [0, 0.05) is 18.0 Å². The van der Waals surface area contributed by atoms with E-state index in [0.29, 0.717) is 17.4 Å². The molecular formula is C19H23N5O2. The molecule has 0 saturated carbocycles. The van der Waals surface area contributed by atoms with Crippen LogP contribution in [-0.4, -0.2) is 34.0 Å². The van der Waals surface area contributed by atoms with Crippen molar-refractivity contribution in [2.24, 2.45) is 0 Å². The molecule has 0 spiro atoms. The Balaban J connectivity index is 1.83. The van der Waals surface area contributed by atoms with Crippen LogP contribution >= 0.6 is 0 Å². The zero-order valence-electron chi connectivity index (χ0n) is 15.6.